The summed E-state index contributed by atoms with van der Waals surface area (Å²) in [5.74, 6) is -0.0853. The molecule has 1 N–H and O–H groups in total. The Morgan fingerprint density at radius 2 is 1.80 bits per heavy atom. The molecule has 2 aromatic carbocycles. The van der Waals surface area contributed by atoms with Crippen molar-refractivity contribution in [3.63, 3.8) is 0 Å². The second-order valence-corrected chi connectivity index (χ2v) is 5.96. The number of hydrogen-bond donors (Lipinski definition) is 1. The van der Waals surface area contributed by atoms with E-state index >= 15 is 0 Å². The van der Waals surface area contributed by atoms with Crippen LogP contribution in [0.1, 0.15) is 22.3 Å². The van der Waals surface area contributed by atoms with Gasteiger partial charge in [-0.05, 0) is 48.6 Å². The first-order valence-electron chi connectivity index (χ1n) is 7.13. The quantitative estimate of drug-likeness (QED) is 0.899. The Bertz CT molecular complexity index is 629. The molecule has 3 rings (SSSR count). The van der Waals surface area contributed by atoms with Gasteiger partial charge >= 0.3 is 0 Å². The van der Waals surface area contributed by atoms with Crippen LogP contribution < -0.4 is 5.32 Å². The zero-order valence-corrected chi connectivity index (χ0v) is 12.0. The first-order chi connectivity index (χ1) is 9.61. The molecule has 0 bridgehead atoms. The average molecular weight is 269 g/mol. The summed E-state index contributed by atoms with van der Waals surface area (Å²) < 4.78 is 14.1. The third-order valence-electron chi connectivity index (χ3n) is 4.49. The summed E-state index contributed by atoms with van der Waals surface area (Å²) in [6.07, 6.45) is 0.891. The van der Waals surface area contributed by atoms with Crippen molar-refractivity contribution < 1.29 is 4.39 Å². The van der Waals surface area contributed by atoms with Gasteiger partial charge in [0, 0.05) is 18.5 Å². The van der Waals surface area contributed by atoms with Gasteiger partial charge in [-0.2, -0.15) is 0 Å². The van der Waals surface area contributed by atoms with Gasteiger partial charge in [-0.3, -0.25) is 0 Å². The molecule has 0 unspecified atom stereocenters. The minimum Gasteiger partial charge on any atom is -0.315 e. The van der Waals surface area contributed by atoms with E-state index in [1.54, 1.807) is 12.1 Å². The van der Waals surface area contributed by atoms with Gasteiger partial charge < -0.3 is 5.32 Å². The van der Waals surface area contributed by atoms with Crippen LogP contribution in [-0.2, 0) is 11.8 Å². The van der Waals surface area contributed by atoms with E-state index in [4.69, 9.17) is 0 Å². The van der Waals surface area contributed by atoms with Crippen LogP contribution in [0.15, 0.2) is 42.5 Å². The van der Waals surface area contributed by atoms with E-state index < -0.39 is 0 Å². The lowest BCUT2D eigenvalue weighted by atomic mass is 9.70. The Labute approximate surface area is 119 Å². The largest absolute Gasteiger partial charge is 0.315 e. The number of hydrogen-bond acceptors (Lipinski definition) is 1. The Balaban J connectivity index is 1.94. The van der Waals surface area contributed by atoms with Crippen molar-refractivity contribution in [3.8, 4) is 0 Å². The van der Waals surface area contributed by atoms with Gasteiger partial charge in [-0.25, -0.2) is 4.39 Å². The Morgan fingerprint density at radius 3 is 2.40 bits per heavy atom. The molecule has 0 aromatic heterocycles. The van der Waals surface area contributed by atoms with Gasteiger partial charge in [-0.15, -0.1) is 0 Å². The monoisotopic (exact) mass is 269 g/mol. The maximum Gasteiger partial charge on any atom is 0.127 e. The molecule has 1 heterocycles. The number of aryl methyl sites for hydroxylation is 2. The maximum atomic E-state index is 14.1. The van der Waals surface area contributed by atoms with E-state index in [2.05, 4.69) is 37.4 Å². The van der Waals surface area contributed by atoms with Crippen molar-refractivity contribution in [1.29, 1.82) is 0 Å². The molecule has 104 valence electrons. The summed E-state index contributed by atoms with van der Waals surface area (Å²) >= 11 is 0. The van der Waals surface area contributed by atoms with Gasteiger partial charge in [-0.1, -0.05) is 36.4 Å². The number of nitrogens with one attached hydrogen (secondary N) is 1. The summed E-state index contributed by atoms with van der Waals surface area (Å²) in [6, 6.07) is 13.7. The Morgan fingerprint density at radius 1 is 1.05 bits per heavy atom. The molecule has 1 fully saturated rings. The Hall–Kier alpha value is -1.67. The number of benzene rings is 2. The first kappa shape index (κ1) is 13.3. The third-order valence-corrected chi connectivity index (χ3v) is 4.49. The van der Waals surface area contributed by atoms with E-state index in [1.807, 2.05) is 12.1 Å². The molecule has 1 saturated heterocycles. The minimum atomic E-state index is -0.0902. The molecule has 20 heavy (non-hydrogen) atoms. The van der Waals surface area contributed by atoms with Crippen molar-refractivity contribution in [2.45, 2.75) is 25.7 Å². The van der Waals surface area contributed by atoms with E-state index in [1.165, 1.54) is 16.7 Å². The van der Waals surface area contributed by atoms with Gasteiger partial charge in [0.05, 0.1) is 0 Å². The first-order valence-corrected chi connectivity index (χ1v) is 7.13. The normalized spacial score (nSPS) is 16.8. The van der Waals surface area contributed by atoms with Crippen LogP contribution in [0.3, 0.4) is 0 Å². The minimum absolute atomic E-state index is 0.0853. The lowest BCUT2D eigenvalue weighted by Crippen LogP contribution is -2.58. The maximum absolute atomic E-state index is 14.1. The predicted octanol–water partition coefficient (Wildman–Crippen LogP) is 3.53. The fraction of sp³-hybridized carbons (Fsp3) is 0.333. The van der Waals surface area contributed by atoms with Gasteiger partial charge in [0.25, 0.3) is 0 Å². The molecule has 0 radical (unpaired) electrons. The molecule has 0 aliphatic carbocycles. The summed E-state index contributed by atoms with van der Waals surface area (Å²) in [5.41, 5.74) is 4.65. The number of rotatable bonds is 3. The zero-order chi connectivity index (χ0) is 14.2. The molecule has 0 saturated carbocycles. The van der Waals surface area contributed by atoms with E-state index in [0.29, 0.717) is 0 Å². The molecule has 0 amide bonds. The summed E-state index contributed by atoms with van der Waals surface area (Å²) in [5, 5.41) is 3.31. The van der Waals surface area contributed by atoms with Crippen molar-refractivity contribution >= 4 is 0 Å². The van der Waals surface area contributed by atoms with Gasteiger partial charge in [0.15, 0.2) is 0 Å². The SMILES string of the molecule is Cc1ccc(CC2(c3ccccc3F)CNC2)cc1C. The fourth-order valence-corrected chi connectivity index (χ4v) is 3.03. The summed E-state index contributed by atoms with van der Waals surface area (Å²) in [7, 11) is 0. The summed E-state index contributed by atoms with van der Waals surface area (Å²) in [4.78, 5) is 0. The molecular weight excluding hydrogens is 249 g/mol. The van der Waals surface area contributed by atoms with Crippen LogP contribution in [0.5, 0.6) is 0 Å². The zero-order valence-electron chi connectivity index (χ0n) is 12.0. The second-order valence-electron chi connectivity index (χ2n) is 5.96. The van der Waals surface area contributed by atoms with Crippen molar-refractivity contribution in [2.75, 3.05) is 13.1 Å². The van der Waals surface area contributed by atoms with Crippen LogP contribution in [-0.4, -0.2) is 13.1 Å². The molecule has 1 aliphatic rings. The molecule has 2 aromatic rings. The van der Waals surface area contributed by atoms with Crippen molar-refractivity contribution in [1.82, 2.24) is 5.32 Å². The van der Waals surface area contributed by atoms with Crippen LogP contribution in [0, 0.1) is 19.7 Å². The lowest BCUT2D eigenvalue weighted by molar-refractivity contribution is 0.266. The van der Waals surface area contributed by atoms with Crippen molar-refractivity contribution in [3.05, 3.63) is 70.5 Å². The lowest BCUT2D eigenvalue weighted by Gasteiger charge is -2.43. The highest BCUT2D eigenvalue weighted by molar-refractivity contribution is 5.37. The van der Waals surface area contributed by atoms with E-state index in [-0.39, 0.29) is 11.2 Å². The number of halogens is 1. The third kappa shape index (κ3) is 2.25. The molecule has 2 heteroatoms. The average Bonchev–Trinajstić information content (AvgIpc) is 2.39. The summed E-state index contributed by atoms with van der Waals surface area (Å²) in [6.45, 7) is 5.95. The van der Waals surface area contributed by atoms with Crippen LogP contribution in [0.2, 0.25) is 0 Å². The van der Waals surface area contributed by atoms with Crippen molar-refractivity contribution in [2.24, 2.45) is 0 Å². The molecule has 1 nitrogen and oxygen atoms in total. The highest BCUT2D eigenvalue weighted by Gasteiger charge is 2.40. The van der Waals surface area contributed by atoms with Crippen LogP contribution >= 0.6 is 0 Å². The fourth-order valence-electron chi connectivity index (χ4n) is 3.03. The van der Waals surface area contributed by atoms with Gasteiger partial charge in [0.2, 0.25) is 0 Å². The predicted molar refractivity (Wildman–Crippen MR) is 80.6 cm³/mol. The molecular formula is C18H20FN. The highest BCUT2D eigenvalue weighted by atomic mass is 19.1. The highest BCUT2D eigenvalue weighted by Crippen LogP contribution is 2.34. The standard InChI is InChI=1S/C18H20FN/c1-13-7-8-15(9-14(13)2)10-18(11-20-12-18)16-5-3-4-6-17(16)19/h3-9,20H,10-12H2,1-2H3. The van der Waals surface area contributed by atoms with E-state index in [0.717, 1.165) is 25.1 Å². The van der Waals surface area contributed by atoms with Gasteiger partial charge in [0.1, 0.15) is 5.82 Å². The smallest absolute Gasteiger partial charge is 0.127 e. The van der Waals surface area contributed by atoms with Crippen LogP contribution in [0.4, 0.5) is 4.39 Å². The Kier molecular flexibility index (Phi) is 3.35. The molecule has 0 atom stereocenters. The van der Waals surface area contributed by atoms with E-state index in [9.17, 15) is 4.39 Å². The molecule has 1 aliphatic heterocycles. The topological polar surface area (TPSA) is 12.0 Å². The van der Waals surface area contributed by atoms with Crippen LogP contribution in [0.25, 0.3) is 0 Å². The second kappa shape index (κ2) is 5.02. The molecule has 0 spiro atoms.